The van der Waals surface area contributed by atoms with E-state index in [4.69, 9.17) is 0 Å². The molecule has 2 bridgehead atoms. The molecule has 2 heteroatoms. The summed E-state index contributed by atoms with van der Waals surface area (Å²) < 4.78 is 0. The number of hydrogen-bond donors (Lipinski definition) is 1. The normalized spacial score (nSPS) is 27.7. The Bertz CT molecular complexity index is 572. The number of benzene rings is 1. The first-order chi connectivity index (χ1) is 11.0. The first-order valence-electron chi connectivity index (χ1n) is 9.11. The third-order valence-electron chi connectivity index (χ3n) is 5.84. The monoisotopic (exact) mass is 311 g/mol. The smallest absolute Gasteiger partial charge is 0.244 e. The molecule has 1 aromatic carbocycles. The van der Waals surface area contributed by atoms with Crippen LogP contribution in [-0.4, -0.2) is 11.9 Å². The topological polar surface area (TPSA) is 29.1 Å². The van der Waals surface area contributed by atoms with E-state index in [1.807, 2.05) is 6.08 Å². The minimum atomic E-state index is 0.0354. The van der Waals surface area contributed by atoms with Crippen molar-refractivity contribution in [3.8, 4) is 0 Å². The van der Waals surface area contributed by atoms with Gasteiger partial charge in [-0.25, -0.2) is 0 Å². The second kappa shape index (κ2) is 6.90. The van der Waals surface area contributed by atoms with Crippen LogP contribution in [0.1, 0.15) is 63.5 Å². The molecule has 1 amide bonds. The zero-order valence-electron chi connectivity index (χ0n) is 14.6. The molecular weight excluding hydrogens is 282 g/mol. The second-order valence-corrected chi connectivity index (χ2v) is 7.79. The van der Waals surface area contributed by atoms with Crippen molar-refractivity contribution in [3.05, 3.63) is 41.5 Å². The zero-order valence-corrected chi connectivity index (χ0v) is 14.6. The van der Waals surface area contributed by atoms with Crippen LogP contribution in [-0.2, 0) is 4.79 Å². The maximum atomic E-state index is 12.2. The fourth-order valence-corrected chi connectivity index (χ4v) is 4.45. The molecule has 0 saturated heterocycles. The highest BCUT2D eigenvalue weighted by molar-refractivity contribution is 5.91. The van der Waals surface area contributed by atoms with Gasteiger partial charge in [0.1, 0.15) is 0 Å². The Morgan fingerprint density at radius 2 is 1.87 bits per heavy atom. The van der Waals surface area contributed by atoms with Gasteiger partial charge in [0.25, 0.3) is 0 Å². The Balaban J connectivity index is 1.52. The van der Waals surface area contributed by atoms with Gasteiger partial charge in [-0.05, 0) is 67.1 Å². The Labute approximate surface area is 140 Å². The van der Waals surface area contributed by atoms with Crippen molar-refractivity contribution in [1.29, 1.82) is 0 Å². The molecule has 0 unspecified atom stereocenters. The molecule has 2 saturated carbocycles. The number of amides is 1. The van der Waals surface area contributed by atoms with Crippen molar-refractivity contribution in [2.45, 2.75) is 58.4 Å². The molecule has 0 aromatic heterocycles. The maximum absolute atomic E-state index is 12.2. The maximum Gasteiger partial charge on any atom is 0.244 e. The molecular formula is C21H29NO. The van der Waals surface area contributed by atoms with E-state index in [0.717, 1.165) is 17.4 Å². The predicted octanol–water partition coefficient (Wildman–Crippen LogP) is 4.76. The van der Waals surface area contributed by atoms with Crippen LogP contribution in [0.15, 0.2) is 30.3 Å². The quantitative estimate of drug-likeness (QED) is 0.780. The molecule has 2 aliphatic carbocycles. The van der Waals surface area contributed by atoms with Crippen LogP contribution >= 0.6 is 0 Å². The van der Waals surface area contributed by atoms with Gasteiger partial charge in [0, 0.05) is 12.1 Å². The van der Waals surface area contributed by atoms with Gasteiger partial charge in [-0.2, -0.15) is 0 Å². The number of nitrogens with one attached hydrogen (secondary N) is 1. The summed E-state index contributed by atoms with van der Waals surface area (Å²) in [5.74, 6) is 3.05. The number of rotatable bonds is 5. The van der Waals surface area contributed by atoms with Crippen LogP contribution in [0.25, 0.3) is 6.08 Å². The lowest BCUT2D eigenvalue weighted by molar-refractivity contribution is -0.117. The Hall–Kier alpha value is -1.57. The minimum absolute atomic E-state index is 0.0354. The Morgan fingerprint density at radius 3 is 2.43 bits per heavy atom. The average Bonchev–Trinajstić information content (AvgIpc) is 3.16. The van der Waals surface area contributed by atoms with E-state index in [-0.39, 0.29) is 5.91 Å². The van der Waals surface area contributed by atoms with Crippen molar-refractivity contribution in [2.75, 3.05) is 0 Å². The van der Waals surface area contributed by atoms with Crippen LogP contribution < -0.4 is 5.32 Å². The summed E-state index contributed by atoms with van der Waals surface area (Å²) in [6.45, 7) is 6.55. The fraction of sp³-hybridized carbons (Fsp3) is 0.571. The van der Waals surface area contributed by atoms with E-state index in [2.05, 4.69) is 50.4 Å². The molecule has 124 valence electrons. The minimum Gasteiger partial charge on any atom is -0.350 e. The summed E-state index contributed by atoms with van der Waals surface area (Å²) in [5.41, 5.74) is 2.41. The van der Waals surface area contributed by atoms with Crippen LogP contribution in [0.4, 0.5) is 0 Å². The summed E-state index contributed by atoms with van der Waals surface area (Å²) in [5, 5.41) is 3.18. The van der Waals surface area contributed by atoms with Crippen molar-refractivity contribution in [2.24, 2.45) is 17.8 Å². The second-order valence-electron chi connectivity index (χ2n) is 7.79. The van der Waals surface area contributed by atoms with Crippen LogP contribution in [0, 0.1) is 17.8 Å². The molecule has 23 heavy (non-hydrogen) atoms. The Kier molecular flexibility index (Phi) is 4.89. The van der Waals surface area contributed by atoms with Gasteiger partial charge in [0.2, 0.25) is 5.91 Å². The van der Waals surface area contributed by atoms with Crippen LogP contribution in [0.3, 0.4) is 0 Å². The fourth-order valence-electron chi connectivity index (χ4n) is 4.45. The Morgan fingerprint density at radius 1 is 1.13 bits per heavy atom. The van der Waals surface area contributed by atoms with Gasteiger partial charge >= 0.3 is 0 Å². The van der Waals surface area contributed by atoms with Gasteiger partial charge in [0.15, 0.2) is 0 Å². The molecule has 2 aliphatic rings. The van der Waals surface area contributed by atoms with Gasteiger partial charge in [0.05, 0.1) is 0 Å². The average molecular weight is 311 g/mol. The van der Waals surface area contributed by atoms with Crippen molar-refractivity contribution >= 4 is 12.0 Å². The predicted molar refractivity (Wildman–Crippen MR) is 96.1 cm³/mol. The highest BCUT2D eigenvalue weighted by Gasteiger charge is 2.41. The van der Waals surface area contributed by atoms with Crippen molar-refractivity contribution < 1.29 is 4.79 Å². The molecule has 1 N–H and O–H groups in total. The molecule has 2 nitrogen and oxygen atoms in total. The lowest BCUT2D eigenvalue weighted by Gasteiger charge is -2.28. The molecule has 4 atom stereocenters. The number of carbonyl (C=O) groups excluding carboxylic acids is 1. The van der Waals surface area contributed by atoms with Gasteiger partial charge in [-0.3, -0.25) is 4.79 Å². The van der Waals surface area contributed by atoms with Crippen LogP contribution in [0.5, 0.6) is 0 Å². The third kappa shape index (κ3) is 3.85. The summed E-state index contributed by atoms with van der Waals surface area (Å²) in [6.07, 6.45) is 9.07. The summed E-state index contributed by atoms with van der Waals surface area (Å²) in [4.78, 5) is 12.2. The number of carbonyl (C=O) groups is 1. The molecule has 0 aliphatic heterocycles. The molecule has 0 radical (unpaired) electrons. The van der Waals surface area contributed by atoms with Gasteiger partial charge in [-0.1, -0.05) is 44.5 Å². The lowest BCUT2D eigenvalue weighted by Crippen LogP contribution is -2.39. The first-order valence-corrected chi connectivity index (χ1v) is 9.11. The van der Waals surface area contributed by atoms with E-state index in [0.29, 0.717) is 17.9 Å². The highest BCUT2D eigenvalue weighted by atomic mass is 16.1. The SMILES string of the molecule is CC(C)c1ccc(/C=C/C(=O)N[C@@H](C)[C@H]2C[C@@H]3CC[C@@H]2C3)cc1. The summed E-state index contributed by atoms with van der Waals surface area (Å²) >= 11 is 0. The van der Waals surface area contributed by atoms with E-state index >= 15 is 0 Å². The first kappa shape index (κ1) is 16.3. The molecule has 3 rings (SSSR count). The number of hydrogen-bond acceptors (Lipinski definition) is 1. The lowest BCUT2D eigenvalue weighted by atomic mass is 9.84. The van der Waals surface area contributed by atoms with Crippen molar-refractivity contribution in [3.63, 3.8) is 0 Å². The molecule has 1 aromatic rings. The molecule has 0 spiro atoms. The molecule has 0 heterocycles. The molecule has 2 fully saturated rings. The van der Waals surface area contributed by atoms with Gasteiger partial charge in [-0.15, -0.1) is 0 Å². The largest absolute Gasteiger partial charge is 0.350 e. The van der Waals surface area contributed by atoms with E-state index in [9.17, 15) is 4.79 Å². The third-order valence-corrected chi connectivity index (χ3v) is 5.84. The summed E-state index contributed by atoms with van der Waals surface area (Å²) in [7, 11) is 0. The zero-order chi connectivity index (χ0) is 16.4. The van der Waals surface area contributed by atoms with E-state index < -0.39 is 0 Å². The number of fused-ring (bicyclic) bond motifs is 2. The summed E-state index contributed by atoms with van der Waals surface area (Å²) in [6, 6.07) is 8.74. The van der Waals surface area contributed by atoms with E-state index in [1.54, 1.807) is 6.08 Å². The van der Waals surface area contributed by atoms with Crippen LogP contribution in [0.2, 0.25) is 0 Å². The van der Waals surface area contributed by atoms with E-state index in [1.165, 1.54) is 31.2 Å². The highest BCUT2D eigenvalue weighted by Crippen LogP contribution is 2.49. The van der Waals surface area contributed by atoms with Crippen molar-refractivity contribution in [1.82, 2.24) is 5.32 Å². The van der Waals surface area contributed by atoms with Gasteiger partial charge < -0.3 is 5.32 Å². The standard InChI is InChI=1S/C21H29NO/c1-14(2)18-8-4-16(5-9-18)7-11-21(23)22-15(3)20-13-17-6-10-19(20)12-17/h4-5,7-9,11,14-15,17,19-20H,6,10,12-13H2,1-3H3,(H,22,23)/b11-7+/t15-,17+,19+,20+/m0/s1.